The summed E-state index contributed by atoms with van der Waals surface area (Å²) >= 11 is 2.11. The molecule has 7 nitrogen and oxygen atoms in total. The average molecular weight is 649 g/mol. The maximum Gasteiger partial charge on any atom is 0.455 e. The van der Waals surface area contributed by atoms with Crippen LogP contribution in [-0.2, 0) is 14.2 Å². The van der Waals surface area contributed by atoms with Gasteiger partial charge >= 0.3 is 7.12 Å². The zero-order chi connectivity index (χ0) is 28.3. The Morgan fingerprint density at radius 3 is 2.59 bits per heavy atom. The normalized spacial score (nSPS) is 25.3. The number of aromatic hydroxyl groups is 1. The molecule has 39 heavy (non-hydrogen) atoms. The lowest BCUT2D eigenvalue weighted by molar-refractivity contribution is -0.140. The van der Waals surface area contributed by atoms with Crippen molar-refractivity contribution < 1.29 is 29.1 Å². The topological polar surface area (TPSA) is 96.3 Å². The van der Waals surface area contributed by atoms with Crippen molar-refractivity contribution in [1.29, 1.82) is 0 Å². The van der Waals surface area contributed by atoms with Gasteiger partial charge in [0.1, 0.15) is 0 Å². The number of carbonyl (C=O) groups is 2. The summed E-state index contributed by atoms with van der Waals surface area (Å²) in [6.07, 6.45) is 8.84. The van der Waals surface area contributed by atoms with Crippen LogP contribution in [0.3, 0.4) is 0 Å². The van der Waals surface area contributed by atoms with Gasteiger partial charge in [-0.25, -0.2) is 0 Å². The molecule has 2 amide bonds. The number of carbonyl (C=O) groups excluding carboxylic acids is 2. The number of phenols is 1. The lowest BCUT2D eigenvalue weighted by atomic mass is 9.58. The third kappa shape index (κ3) is 6.25. The first-order valence-corrected chi connectivity index (χ1v) is 15.5. The van der Waals surface area contributed by atoms with Crippen molar-refractivity contribution in [3.8, 4) is 11.5 Å². The summed E-state index contributed by atoms with van der Waals surface area (Å²) in [6, 6.07) is 3.79. The van der Waals surface area contributed by atoms with Crippen molar-refractivity contribution in [3.63, 3.8) is 0 Å². The van der Waals surface area contributed by atoms with Gasteiger partial charge in [0.15, 0.2) is 11.5 Å². The lowest BCUT2D eigenvalue weighted by Crippen LogP contribution is -2.46. The molecule has 4 atom stereocenters. The van der Waals surface area contributed by atoms with Crippen LogP contribution in [0.1, 0.15) is 77.7 Å². The number of halogens is 1. The summed E-state index contributed by atoms with van der Waals surface area (Å²) in [4.78, 5) is 28.2. The minimum absolute atomic E-state index is 0.0378. The lowest BCUT2D eigenvalue weighted by Gasteiger charge is -2.43. The quantitative estimate of drug-likeness (QED) is 0.133. The van der Waals surface area contributed by atoms with Crippen molar-refractivity contribution in [3.05, 3.63) is 38.0 Å². The van der Waals surface area contributed by atoms with E-state index in [2.05, 4.69) is 42.5 Å². The summed E-state index contributed by atoms with van der Waals surface area (Å²) < 4.78 is 12.3. The number of nitrogens with zero attached hydrogens (tertiary/aromatic N) is 1. The monoisotopic (exact) mass is 649 g/mol. The van der Waals surface area contributed by atoms with Gasteiger partial charge in [-0.3, -0.25) is 14.5 Å². The molecule has 0 saturated carbocycles. The number of methoxy groups -OCH3 is 1. The van der Waals surface area contributed by atoms with Gasteiger partial charge in [0, 0.05) is 6.54 Å². The first-order chi connectivity index (χ1) is 18.7. The van der Waals surface area contributed by atoms with E-state index in [4.69, 9.17) is 9.39 Å². The highest BCUT2D eigenvalue weighted by Crippen LogP contribution is 2.51. The maximum absolute atomic E-state index is 13.5. The molecule has 1 aliphatic carbocycles. The Morgan fingerprint density at radius 2 is 1.92 bits per heavy atom. The Kier molecular flexibility index (Phi) is 10.2. The zero-order valence-corrected chi connectivity index (χ0v) is 25.7. The number of hydrogen-bond acceptors (Lipinski definition) is 6. The van der Waals surface area contributed by atoms with Crippen LogP contribution in [0.15, 0.2) is 28.9 Å². The Bertz CT molecular complexity index is 1150. The highest BCUT2D eigenvalue weighted by atomic mass is 127. The molecule has 0 aromatic heterocycles. The number of rotatable bonds is 11. The molecule has 9 heteroatoms. The van der Waals surface area contributed by atoms with Gasteiger partial charge < -0.3 is 19.5 Å². The van der Waals surface area contributed by atoms with Crippen molar-refractivity contribution in [2.24, 2.45) is 17.8 Å². The molecule has 0 bridgehead atoms. The highest BCUT2D eigenvalue weighted by Gasteiger charge is 2.56. The van der Waals surface area contributed by atoms with E-state index in [0.29, 0.717) is 31.5 Å². The molecule has 2 heterocycles. The van der Waals surface area contributed by atoms with Crippen LogP contribution in [0.2, 0.25) is 6.32 Å². The van der Waals surface area contributed by atoms with Crippen molar-refractivity contribution in [2.45, 2.75) is 84.6 Å². The molecule has 212 valence electrons. The van der Waals surface area contributed by atoms with Gasteiger partial charge in [-0.2, -0.15) is 0 Å². The van der Waals surface area contributed by atoms with Crippen molar-refractivity contribution >= 4 is 47.6 Å². The van der Waals surface area contributed by atoms with Gasteiger partial charge in [0.05, 0.1) is 28.6 Å². The Balaban J connectivity index is 1.63. The fourth-order valence-corrected chi connectivity index (χ4v) is 7.41. The molecule has 1 aromatic rings. The Labute approximate surface area is 246 Å². The number of imide groups is 1. The van der Waals surface area contributed by atoms with E-state index in [0.717, 1.165) is 47.7 Å². The molecule has 0 unspecified atom stereocenters. The second-order valence-corrected chi connectivity index (χ2v) is 12.2. The number of ether oxygens (including phenoxy) is 1. The van der Waals surface area contributed by atoms with Crippen LogP contribution in [0.5, 0.6) is 11.5 Å². The summed E-state index contributed by atoms with van der Waals surface area (Å²) in [5.41, 5.74) is 4.64. The van der Waals surface area contributed by atoms with Crippen LogP contribution >= 0.6 is 22.6 Å². The Morgan fingerprint density at radius 1 is 1.15 bits per heavy atom. The number of amides is 2. The van der Waals surface area contributed by atoms with Crippen LogP contribution in [0.4, 0.5) is 0 Å². The molecular formula is C30H41BINO6. The molecule has 2 N–H and O–H groups in total. The van der Waals surface area contributed by atoms with E-state index in [1.807, 2.05) is 19.1 Å². The number of phenolic OH excluding ortho intramolecular Hbond substituents is 1. The summed E-state index contributed by atoms with van der Waals surface area (Å²) in [7, 11) is 0.601. The molecule has 4 rings (SSSR count). The minimum atomic E-state index is -0.949. The van der Waals surface area contributed by atoms with E-state index in [1.54, 1.807) is 7.11 Å². The number of hydrogen-bond donors (Lipinski definition) is 2. The number of allylic oxidation sites excluding steroid dienone is 2. The van der Waals surface area contributed by atoms with Crippen LogP contribution in [-0.4, -0.2) is 53.7 Å². The van der Waals surface area contributed by atoms with Gasteiger partial charge in [-0.05, 0) is 96.6 Å². The molecule has 3 aliphatic rings. The number of likely N-dealkylation sites (tertiary alicyclic amines) is 1. The van der Waals surface area contributed by atoms with Crippen molar-refractivity contribution in [2.75, 3.05) is 13.7 Å². The second-order valence-electron chi connectivity index (χ2n) is 11.0. The predicted octanol–water partition coefficient (Wildman–Crippen LogP) is 5.98. The predicted molar refractivity (Wildman–Crippen MR) is 161 cm³/mol. The van der Waals surface area contributed by atoms with Crippen LogP contribution in [0, 0.1) is 21.3 Å². The molecular weight excluding hydrogens is 608 g/mol. The molecule has 2 saturated heterocycles. The zero-order valence-electron chi connectivity index (χ0n) is 23.5. The van der Waals surface area contributed by atoms with Crippen LogP contribution in [0.25, 0.3) is 6.08 Å². The standard InChI is InChI=1S/C30H41BINO6/c1-5-8-18(13-19-14-23(32)28(34)25(15-19)38-4)10-11-24-26-20(9-6-2)16-21-27(22(26)17-31(37)39-24)30(36)33(12-7-3)29(21)35/h13-15,21-22,24,27,34,37H,5-12,16-17H2,1-4H3/b18-13+/t21-,22+,24-,27-/m1/s1. The second kappa shape index (κ2) is 13.2. The van der Waals surface area contributed by atoms with Gasteiger partial charge in [-0.15, -0.1) is 0 Å². The van der Waals surface area contributed by atoms with Gasteiger partial charge in [-0.1, -0.05) is 50.8 Å². The minimum Gasteiger partial charge on any atom is -0.504 e. The Hall–Kier alpha value is -1.85. The summed E-state index contributed by atoms with van der Waals surface area (Å²) in [5.74, 6) is -0.370. The number of benzene rings is 1. The fourth-order valence-electron chi connectivity index (χ4n) is 6.79. The third-order valence-electron chi connectivity index (χ3n) is 8.34. The van der Waals surface area contributed by atoms with E-state index >= 15 is 0 Å². The van der Waals surface area contributed by atoms with Crippen LogP contribution < -0.4 is 4.74 Å². The number of fused-ring (bicyclic) bond motifs is 3. The molecule has 0 radical (unpaired) electrons. The third-order valence-corrected chi connectivity index (χ3v) is 9.16. The summed E-state index contributed by atoms with van der Waals surface area (Å²) in [5, 5.41) is 21.0. The molecule has 2 aliphatic heterocycles. The van der Waals surface area contributed by atoms with Gasteiger partial charge in [0.25, 0.3) is 0 Å². The average Bonchev–Trinajstić information content (AvgIpc) is 3.14. The SMILES string of the molecule is CCCC1=C2[C@@H](CC/C(=C/c3cc(I)c(O)c(OC)c3)CCC)OB(O)C[C@@H]2[C@@H]2C(=O)N(CCC)C(=O)[C@@H]2C1. The first kappa shape index (κ1) is 30.1. The fraction of sp³-hybridized carbons (Fsp3) is 0.600. The largest absolute Gasteiger partial charge is 0.504 e. The van der Waals surface area contributed by atoms with E-state index in [-0.39, 0.29) is 35.5 Å². The van der Waals surface area contributed by atoms with Crippen molar-refractivity contribution in [1.82, 2.24) is 4.90 Å². The maximum atomic E-state index is 13.5. The van der Waals surface area contributed by atoms with E-state index < -0.39 is 13.0 Å². The van der Waals surface area contributed by atoms with Gasteiger partial charge in [0.2, 0.25) is 11.8 Å². The molecule has 1 aromatic carbocycles. The smallest absolute Gasteiger partial charge is 0.455 e. The summed E-state index contributed by atoms with van der Waals surface area (Å²) in [6.45, 7) is 6.74. The highest BCUT2D eigenvalue weighted by molar-refractivity contribution is 14.1. The molecule has 0 spiro atoms. The first-order valence-electron chi connectivity index (χ1n) is 14.4. The molecule has 2 fully saturated rings. The van der Waals surface area contributed by atoms with E-state index in [9.17, 15) is 19.7 Å². The van der Waals surface area contributed by atoms with E-state index in [1.165, 1.54) is 21.6 Å².